The Balaban J connectivity index is 3.01. The molecule has 0 fully saturated rings. The van der Waals surface area contributed by atoms with Crippen LogP contribution in [-0.2, 0) is 13.0 Å². The molecule has 1 heterocycles. The minimum Gasteiger partial charge on any atom is -0.390 e. The first-order chi connectivity index (χ1) is 5.27. The van der Waals surface area contributed by atoms with Gasteiger partial charge in [0.2, 0.25) is 0 Å². The van der Waals surface area contributed by atoms with Gasteiger partial charge < -0.3 is 15.1 Å². The first-order valence-corrected chi connectivity index (χ1v) is 3.70. The zero-order valence-electron chi connectivity index (χ0n) is 6.05. The molecule has 3 N–H and O–H groups in total. The average molecular weight is 170 g/mol. The Labute approximate surface area is 69.8 Å². The van der Waals surface area contributed by atoms with Gasteiger partial charge in [-0.1, -0.05) is 6.08 Å². The molecule has 0 saturated heterocycles. The molecule has 3 nitrogen and oxygen atoms in total. The summed E-state index contributed by atoms with van der Waals surface area (Å²) in [5, 5.41) is 8.83. The fraction of sp³-hybridized carbons (Fsp3) is 0.286. The maximum Gasteiger partial charge on any atom is 0.174 e. The van der Waals surface area contributed by atoms with E-state index >= 15 is 0 Å². The number of aliphatic hydroxyl groups is 1. The first-order valence-electron chi connectivity index (χ1n) is 3.29. The molecule has 0 spiro atoms. The van der Waals surface area contributed by atoms with Crippen molar-refractivity contribution in [3.05, 3.63) is 28.8 Å². The summed E-state index contributed by atoms with van der Waals surface area (Å²) in [6.07, 6.45) is 2.46. The molecule has 0 aliphatic heterocycles. The molecule has 0 atom stereocenters. The second-order valence-electron chi connectivity index (χ2n) is 2.19. The molecule has 1 aromatic heterocycles. The van der Waals surface area contributed by atoms with Crippen LogP contribution in [0.1, 0.15) is 11.4 Å². The Morgan fingerprint density at radius 1 is 1.45 bits per heavy atom. The molecule has 60 valence electrons. The van der Waals surface area contributed by atoms with Gasteiger partial charge in [0, 0.05) is 12.1 Å². The lowest BCUT2D eigenvalue weighted by Crippen LogP contribution is -1.90. The first kappa shape index (κ1) is 8.23. The van der Waals surface area contributed by atoms with Gasteiger partial charge in [-0.05, 0) is 12.2 Å². The Morgan fingerprint density at radius 3 is 2.64 bits per heavy atom. The SMILES string of the molecule is C=CCc1[nH]c(=S)[nH]c1CO. The van der Waals surface area contributed by atoms with E-state index in [4.69, 9.17) is 17.3 Å². The highest BCUT2D eigenvalue weighted by Gasteiger charge is 2.00. The number of hydrogen-bond donors (Lipinski definition) is 3. The quantitative estimate of drug-likeness (QED) is 0.473. The summed E-state index contributed by atoms with van der Waals surface area (Å²) in [7, 11) is 0. The average Bonchev–Trinajstić information content (AvgIpc) is 2.32. The molecular formula is C7H10N2OS. The topological polar surface area (TPSA) is 51.8 Å². The molecule has 4 heteroatoms. The minimum absolute atomic E-state index is 0.0175. The van der Waals surface area contributed by atoms with Gasteiger partial charge in [0.1, 0.15) is 0 Å². The third-order valence-electron chi connectivity index (χ3n) is 1.40. The van der Waals surface area contributed by atoms with E-state index in [-0.39, 0.29) is 6.61 Å². The molecule has 0 aliphatic rings. The highest BCUT2D eigenvalue weighted by molar-refractivity contribution is 7.71. The number of aromatic amines is 2. The molecular weight excluding hydrogens is 160 g/mol. The summed E-state index contributed by atoms with van der Waals surface area (Å²) in [5.74, 6) is 0. The zero-order chi connectivity index (χ0) is 8.27. The molecule has 1 aromatic rings. The molecule has 1 rings (SSSR count). The Hall–Kier alpha value is -0.870. The second kappa shape index (κ2) is 3.50. The fourth-order valence-corrected chi connectivity index (χ4v) is 1.16. The number of hydrogen-bond acceptors (Lipinski definition) is 2. The summed E-state index contributed by atoms with van der Waals surface area (Å²) in [5.41, 5.74) is 1.66. The lowest BCUT2D eigenvalue weighted by molar-refractivity contribution is 0.276. The van der Waals surface area contributed by atoms with Crippen molar-refractivity contribution in [2.24, 2.45) is 0 Å². The van der Waals surface area contributed by atoms with Crippen LogP contribution in [0, 0.1) is 4.77 Å². The van der Waals surface area contributed by atoms with Crippen LogP contribution in [0.3, 0.4) is 0 Å². The summed E-state index contributed by atoms with van der Waals surface area (Å²) >= 11 is 4.84. The Morgan fingerprint density at radius 2 is 2.09 bits per heavy atom. The van der Waals surface area contributed by atoms with Crippen LogP contribution in [0.15, 0.2) is 12.7 Å². The highest BCUT2D eigenvalue weighted by Crippen LogP contribution is 2.04. The molecule has 0 bridgehead atoms. The maximum atomic E-state index is 8.83. The summed E-state index contributed by atoms with van der Waals surface area (Å²) < 4.78 is 0.547. The van der Waals surface area contributed by atoms with E-state index in [0.717, 1.165) is 11.4 Å². The summed E-state index contributed by atoms with van der Waals surface area (Å²) in [6.45, 7) is 3.57. The number of allylic oxidation sites excluding steroid dienone is 1. The van der Waals surface area contributed by atoms with E-state index in [1.54, 1.807) is 6.08 Å². The zero-order valence-corrected chi connectivity index (χ0v) is 6.87. The molecule has 0 aliphatic carbocycles. The van der Waals surface area contributed by atoms with Gasteiger partial charge in [0.05, 0.1) is 12.3 Å². The van der Waals surface area contributed by atoms with Crippen molar-refractivity contribution in [3.63, 3.8) is 0 Å². The number of aliphatic hydroxyl groups excluding tert-OH is 1. The Kier molecular flexibility index (Phi) is 2.62. The van der Waals surface area contributed by atoms with E-state index < -0.39 is 0 Å². The normalized spacial score (nSPS) is 9.91. The number of nitrogens with one attached hydrogen (secondary N) is 2. The maximum absolute atomic E-state index is 8.83. The third-order valence-corrected chi connectivity index (χ3v) is 1.60. The van der Waals surface area contributed by atoms with Crippen molar-refractivity contribution in [1.82, 2.24) is 9.97 Å². The summed E-state index contributed by atoms with van der Waals surface area (Å²) in [6, 6.07) is 0. The molecule has 11 heavy (non-hydrogen) atoms. The molecule has 0 aromatic carbocycles. The van der Waals surface area contributed by atoms with Crippen LogP contribution in [0.25, 0.3) is 0 Å². The Bertz CT molecular complexity index is 300. The van der Waals surface area contributed by atoms with Crippen molar-refractivity contribution >= 4 is 12.2 Å². The smallest absolute Gasteiger partial charge is 0.174 e. The van der Waals surface area contributed by atoms with Gasteiger partial charge in [0.25, 0.3) is 0 Å². The standard InChI is InChI=1S/C7H10N2OS/c1-2-3-5-6(4-10)9-7(11)8-5/h2,10H,1,3-4H2,(H2,8,9,11). The van der Waals surface area contributed by atoms with Crippen molar-refractivity contribution < 1.29 is 5.11 Å². The number of H-pyrrole nitrogens is 2. The lowest BCUT2D eigenvalue weighted by atomic mass is 10.2. The van der Waals surface area contributed by atoms with Crippen molar-refractivity contribution in [2.45, 2.75) is 13.0 Å². The van der Waals surface area contributed by atoms with Gasteiger partial charge in [-0.25, -0.2) is 0 Å². The van der Waals surface area contributed by atoms with E-state index in [0.29, 0.717) is 11.2 Å². The predicted octanol–water partition coefficient (Wildman–Crippen LogP) is 1.29. The van der Waals surface area contributed by atoms with Crippen LogP contribution in [0.5, 0.6) is 0 Å². The van der Waals surface area contributed by atoms with Crippen molar-refractivity contribution in [2.75, 3.05) is 0 Å². The van der Waals surface area contributed by atoms with Gasteiger partial charge in [-0.2, -0.15) is 0 Å². The van der Waals surface area contributed by atoms with Crippen LogP contribution in [0.4, 0.5) is 0 Å². The number of aromatic nitrogens is 2. The lowest BCUT2D eigenvalue weighted by Gasteiger charge is -1.93. The number of imidazole rings is 1. The minimum atomic E-state index is -0.0175. The van der Waals surface area contributed by atoms with Crippen LogP contribution in [-0.4, -0.2) is 15.1 Å². The predicted molar refractivity (Wildman–Crippen MR) is 45.8 cm³/mol. The molecule has 0 radical (unpaired) electrons. The van der Waals surface area contributed by atoms with Crippen molar-refractivity contribution in [1.29, 1.82) is 0 Å². The third kappa shape index (κ3) is 1.78. The molecule has 0 unspecified atom stereocenters. The van der Waals surface area contributed by atoms with E-state index in [1.165, 1.54) is 0 Å². The van der Waals surface area contributed by atoms with E-state index in [1.807, 2.05) is 0 Å². The van der Waals surface area contributed by atoms with Crippen LogP contribution in [0.2, 0.25) is 0 Å². The monoisotopic (exact) mass is 170 g/mol. The largest absolute Gasteiger partial charge is 0.390 e. The van der Waals surface area contributed by atoms with E-state index in [2.05, 4.69) is 16.5 Å². The summed E-state index contributed by atoms with van der Waals surface area (Å²) in [4.78, 5) is 5.77. The fourth-order valence-electron chi connectivity index (χ4n) is 0.910. The molecule has 0 saturated carbocycles. The molecule has 0 amide bonds. The van der Waals surface area contributed by atoms with E-state index in [9.17, 15) is 0 Å². The highest BCUT2D eigenvalue weighted by atomic mass is 32.1. The van der Waals surface area contributed by atoms with Gasteiger partial charge in [-0.3, -0.25) is 0 Å². The van der Waals surface area contributed by atoms with Crippen LogP contribution >= 0.6 is 12.2 Å². The second-order valence-corrected chi connectivity index (χ2v) is 2.60. The number of rotatable bonds is 3. The van der Waals surface area contributed by atoms with Crippen molar-refractivity contribution in [3.8, 4) is 0 Å². The van der Waals surface area contributed by atoms with Gasteiger partial charge in [0.15, 0.2) is 4.77 Å². The van der Waals surface area contributed by atoms with Gasteiger partial charge >= 0.3 is 0 Å². The van der Waals surface area contributed by atoms with Gasteiger partial charge in [-0.15, -0.1) is 6.58 Å². The van der Waals surface area contributed by atoms with Crippen LogP contribution < -0.4 is 0 Å².